The molecule has 0 amide bonds. The number of allylic oxidation sites excluding steroid dienone is 1. The first kappa shape index (κ1) is 11.2. The zero-order valence-electron chi connectivity index (χ0n) is 8.88. The standard InChI is InChI=1S/C11H18O3/c1-3-9(2)10(12)14-11(13)7-5-4-6-8-11/h3,13H,4-8H2,1-2H3. The number of carbonyl (C=O) groups is 1. The van der Waals surface area contributed by atoms with Gasteiger partial charge in [-0.1, -0.05) is 12.5 Å². The first-order chi connectivity index (χ1) is 6.57. The molecule has 0 heterocycles. The van der Waals surface area contributed by atoms with Crippen molar-refractivity contribution in [2.75, 3.05) is 0 Å². The molecule has 1 saturated carbocycles. The van der Waals surface area contributed by atoms with Crippen molar-refractivity contribution >= 4 is 5.97 Å². The topological polar surface area (TPSA) is 46.5 Å². The Morgan fingerprint density at radius 3 is 2.43 bits per heavy atom. The Morgan fingerprint density at radius 2 is 1.93 bits per heavy atom. The number of ether oxygens (including phenoxy) is 1. The number of hydrogen-bond donors (Lipinski definition) is 1. The van der Waals surface area contributed by atoms with Crippen molar-refractivity contribution in [2.45, 2.75) is 51.7 Å². The zero-order valence-corrected chi connectivity index (χ0v) is 8.88. The average Bonchev–Trinajstić information content (AvgIpc) is 2.17. The highest BCUT2D eigenvalue weighted by atomic mass is 16.7. The molecule has 1 rings (SSSR count). The monoisotopic (exact) mass is 198 g/mol. The molecule has 0 atom stereocenters. The number of esters is 1. The van der Waals surface area contributed by atoms with Crippen molar-refractivity contribution in [3.63, 3.8) is 0 Å². The predicted molar refractivity (Wildman–Crippen MR) is 53.6 cm³/mol. The number of rotatable bonds is 2. The van der Waals surface area contributed by atoms with Crippen LogP contribution in [0.3, 0.4) is 0 Å². The normalized spacial score (nSPS) is 21.8. The third-order valence-corrected chi connectivity index (χ3v) is 2.67. The number of aliphatic hydroxyl groups is 1. The molecule has 80 valence electrons. The second kappa shape index (κ2) is 4.60. The summed E-state index contributed by atoms with van der Waals surface area (Å²) in [6, 6.07) is 0. The van der Waals surface area contributed by atoms with E-state index >= 15 is 0 Å². The smallest absolute Gasteiger partial charge is 0.335 e. The maximum atomic E-state index is 11.4. The van der Waals surface area contributed by atoms with E-state index in [-0.39, 0.29) is 0 Å². The molecule has 1 aliphatic rings. The molecule has 0 unspecified atom stereocenters. The van der Waals surface area contributed by atoms with Gasteiger partial charge in [0.25, 0.3) is 0 Å². The molecule has 0 aromatic heterocycles. The Bertz CT molecular complexity index is 237. The van der Waals surface area contributed by atoms with E-state index in [1.54, 1.807) is 19.9 Å². The highest BCUT2D eigenvalue weighted by molar-refractivity contribution is 5.87. The van der Waals surface area contributed by atoms with Gasteiger partial charge in [-0.05, 0) is 26.7 Å². The zero-order chi connectivity index (χ0) is 10.6. The van der Waals surface area contributed by atoms with Crippen LogP contribution in [-0.4, -0.2) is 16.9 Å². The molecule has 0 aliphatic heterocycles. The summed E-state index contributed by atoms with van der Waals surface area (Å²) in [5.41, 5.74) is 0.545. The molecule has 0 aromatic rings. The first-order valence-electron chi connectivity index (χ1n) is 5.16. The molecular formula is C11H18O3. The van der Waals surface area contributed by atoms with Gasteiger partial charge in [0.05, 0.1) is 0 Å². The van der Waals surface area contributed by atoms with Gasteiger partial charge in [0.1, 0.15) is 0 Å². The van der Waals surface area contributed by atoms with Crippen molar-refractivity contribution in [3.05, 3.63) is 11.6 Å². The van der Waals surface area contributed by atoms with Gasteiger partial charge in [-0.15, -0.1) is 0 Å². The Balaban J connectivity index is 2.53. The molecule has 14 heavy (non-hydrogen) atoms. The molecule has 0 saturated heterocycles. The van der Waals surface area contributed by atoms with Crippen molar-refractivity contribution in [2.24, 2.45) is 0 Å². The minimum Gasteiger partial charge on any atom is -0.430 e. The summed E-state index contributed by atoms with van der Waals surface area (Å²) in [5.74, 6) is -1.61. The van der Waals surface area contributed by atoms with Gasteiger partial charge >= 0.3 is 5.97 Å². The highest BCUT2D eigenvalue weighted by Gasteiger charge is 2.33. The van der Waals surface area contributed by atoms with Crippen LogP contribution in [0.5, 0.6) is 0 Å². The van der Waals surface area contributed by atoms with E-state index in [4.69, 9.17) is 4.74 Å². The fraction of sp³-hybridized carbons (Fsp3) is 0.727. The van der Waals surface area contributed by atoms with E-state index in [9.17, 15) is 9.90 Å². The Morgan fingerprint density at radius 1 is 1.36 bits per heavy atom. The van der Waals surface area contributed by atoms with E-state index in [0.29, 0.717) is 18.4 Å². The molecule has 3 nitrogen and oxygen atoms in total. The minimum atomic E-state index is -1.21. The average molecular weight is 198 g/mol. The quantitative estimate of drug-likeness (QED) is 0.420. The Labute approximate surface area is 84.8 Å². The van der Waals surface area contributed by atoms with E-state index < -0.39 is 11.8 Å². The van der Waals surface area contributed by atoms with Gasteiger partial charge in [-0.2, -0.15) is 0 Å². The van der Waals surface area contributed by atoms with Crippen LogP contribution in [0.25, 0.3) is 0 Å². The molecule has 3 heteroatoms. The number of carbonyl (C=O) groups excluding carboxylic acids is 1. The molecule has 1 fully saturated rings. The van der Waals surface area contributed by atoms with Crippen LogP contribution in [0.2, 0.25) is 0 Å². The molecule has 0 spiro atoms. The lowest BCUT2D eigenvalue weighted by molar-refractivity contribution is -0.216. The predicted octanol–water partition coefficient (Wildman–Crippen LogP) is 2.15. The molecular weight excluding hydrogens is 180 g/mol. The second-order valence-corrected chi connectivity index (χ2v) is 3.87. The summed E-state index contributed by atoms with van der Waals surface area (Å²) in [6.07, 6.45) is 5.79. The third-order valence-electron chi connectivity index (χ3n) is 2.67. The highest BCUT2D eigenvalue weighted by Crippen LogP contribution is 2.29. The fourth-order valence-electron chi connectivity index (χ4n) is 1.58. The Hall–Kier alpha value is -0.830. The summed E-state index contributed by atoms with van der Waals surface area (Å²) in [5, 5.41) is 9.92. The Kier molecular flexibility index (Phi) is 3.69. The van der Waals surface area contributed by atoms with Gasteiger partial charge < -0.3 is 9.84 Å². The van der Waals surface area contributed by atoms with Gasteiger partial charge in [0, 0.05) is 18.4 Å². The fourth-order valence-corrected chi connectivity index (χ4v) is 1.58. The molecule has 1 aliphatic carbocycles. The van der Waals surface area contributed by atoms with Crippen LogP contribution in [0.15, 0.2) is 11.6 Å². The third kappa shape index (κ3) is 2.84. The van der Waals surface area contributed by atoms with Crippen molar-refractivity contribution in [1.29, 1.82) is 0 Å². The lowest BCUT2D eigenvalue weighted by Crippen LogP contribution is -2.37. The van der Waals surface area contributed by atoms with Gasteiger partial charge in [-0.25, -0.2) is 4.79 Å². The molecule has 1 N–H and O–H groups in total. The SMILES string of the molecule is CC=C(C)C(=O)OC1(O)CCCCC1. The van der Waals surface area contributed by atoms with Crippen LogP contribution in [0, 0.1) is 0 Å². The summed E-state index contributed by atoms with van der Waals surface area (Å²) < 4.78 is 5.08. The summed E-state index contributed by atoms with van der Waals surface area (Å²) in [4.78, 5) is 11.4. The van der Waals surface area contributed by atoms with Gasteiger partial charge in [-0.3, -0.25) is 0 Å². The van der Waals surface area contributed by atoms with Crippen LogP contribution in [-0.2, 0) is 9.53 Å². The van der Waals surface area contributed by atoms with Gasteiger partial charge in [0.15, 0.2) is 0 Å². The van der Waals surface area contributed by atoms with E-state index in [0.717, 1.165) is 19.3 Å². The molecule has 0 aromatic carbocycles. The summed E-state index contributed by atoms with van der Waals surface area (Å²) in [7, 11) is 0. The summed E-state index contributed by atoms with van der Waals surface area (Å²) >= 11 is 0. The maximum Gasteiger partial charge on any atom is 0.335 e. The second-order valence-electron chi connectivity index (χ2n) is 3.87. The first-order valence-corrected chi connectivity index (χ1v) is 5.16. The lowest BCUT2D eigenvalue weighted by Gasteiger charge is -2.31. The van der Waals surface area contributed by atoms with Crippen LogP contribution >= 0.6 is 0 Å². The van der Waals surface area contributed by atoms with Gasteiger partial charge in [0.2, 0.25) is 5.79 Å². The lowest BCUT2D eigenvalue weighted by atomic mass is 9.94. The van der Waals surface area contributed by atoms with Crippen LogP contribution in [0.4, 0.5) is 0 Å². The molecule has 0 radical (unpaired) electrons. The van der Waals surface area contributed by atoms with Crippen LogP contribution < -0.4 is 0 Å². The van der Waals surface area contributed by atoms with E-state index in [1.807, 2.05) is 0 Å². The van der Waals surface area contributed by atoms with Crippen molar-refractivity contribution < 1.29 is 14.6 Å². The summed E-state index contributed by atoms with van der Waals surface area (Å²) in [6.45, 7) is 3.47. The molecule has 0 bridgehead atoms. The van der Waals surface area contributed by atoms with E-state index in [2.05, 4.69) is 0 Å². The largest absolute Gasteiger partial charge is 0.430 e. The minimum absolute atomic E-state index is 0.406. The van der Waals surface area contributed by atoms with Crippen LogP contribution in [0.1, 0.15) is 46.0 Å². The van der Waals surface area contributed by atoms with Crippen molar-refractivity contribution in [1.82, 2.24) is 0 Å². The maximum absolute atomic E-state index is 11.4. The van der Waals surface area contributed by atoms with E-state index in [1.165, 1.54) is 0 Å². The van der Waals surface area contributed by atoms with Crippen molar-refractivity contribution in [3.8, 4) is 0 Å². The number of hydrogen-bond acceptors (Lipinski definition) is 3.